The molecule has 1 amide bonds. The van der Waals surface area contributed by atoms with Crippen LogP contribution in [0.3, 0.4) is 0 Å². The van der Waals surface area contributed by atoms with E-state index in [0.29, 0.717) is 0 Å². The fourth-order valence-corrected chi connectivity index (χ4v) is 3.46. The lowest BCUT2D eigenvalue weighted by Gasteiger charge is -2.19. The number of carbonyl (C=O) groups is 1. The zero-order valence-corrected chi connectivity index (χ0v) is 14.4. The highest BCUT2D eigenvalue weighted by molar-refractivity contribution is 7.13. The summed E-state index contributed by atoms with van der Waals surface area (Å²) in [6.07, 6.45) is 2.94. The lowest BCUT2D eigenvalue weighted by molar-refractivity contribution is 0.0766. The van der Waals surface area contributed by atoms with Crippen molar-refractivity contribution in [1.29, 1.82) is 0 Å². The topological polar surface area (TPSA) is 33.2 Å². The predicted molar refractivity (Wildman–Crippen MR) is 92.6 cm³/mol. The Bertz CT molecular complexity index is 607. The van der Waals surface area contributed by atoms with E-state index in [0.717, 1.165) is 47.9 Å². The van der Waals surface area contributed by atoms with E-state index in [9.17, 15) is 4.79 Å². The van der Waals surface area contributed by atoms with Gasteiger partial charge in [0.15, 0.2) is 0 Å². The molecule has 1 aromatic carbocycles. The van der Waals surface area contributed by atoms with Crippen LogP contribution in [-0.4, -0.2) is 28.9 Å². The van der Waals surface area contributed by atoms with E-state index < -0.39 is 0 Å². The summed E-state index contributed by atoms with van der Waals surface area (Å²) in [4.78, 5) is 20.0. The van der Waals surface area contributed by atoms with Gasteiger partial charge in [0, 0.05) is 19.5 Å². The first-order valence-electron chi connectivity index (χ1n) is 7.95. The highest BCUT2D eigenvalue weighted by atomic mass is 32.1. The second kappa shape index (κ2) is 8.08. The molecule has 0 bridgehead atoms. The van der Waals surface area contributed by atoms with Gasteiger partial charge in [-0.05, 0) is 25.8 Å². The quantitative estimate of drug-likeness (QED) is 0.763. The third kappa shape index (κ3) is 4.17. The maximum absolute atomic E-state index is 12.7. The maximum atomic E-state index is 12.7. The van der Waals surface area contributed by atoms with Crippen LogP contribution in [-0.2, 0) is 6.42 Å². The van der Waals surface area contributed by atoms with E-state index in [1.807, 2.05) is 36.9 Å². The van der Waals surface area contributed by atoms with Crippen molar-refractivity contribution in [2.45, 2.75) is 40.0 Å². The number of carbonyl (C=O) groups excluding carboxylic acids is 1. The molecule has 0 aliphatic rings. The van der Waals surface area contributed by atoms with E-state index in [4.69, 9.17) is 0 Å². The molecule has 1 heterocycles. The van der Waals surface area contributed by atoms with Gasteiger partial charge in [0.05, 0.1) is 10.7 Å². The van der Waals surface area contributed by atoms with Crippen LogP contribution in [0.2, 0.25) is 0 Å². The zero-order valence-electron chi connectivity index (χ0n) is 13.6. The van der Waals surface area contributed by atoms with Crippen molar-refractivity contribution >= 4 is 17.2 Å². The zero-order chi connectivity index (χ0) is 15.9. The highest BCUT2D eigenvalue weighted by Gasteiger charge is 2.20. The summed E-state index contributed by atoms with van der Waals surface area (Å²) in [5.41, 5.74) is 2.09. The Morgan fingerprint density at radius 1 is 1.23 bits per heavy atom. The van der Waals surface area contributed by atoms with Gasteiger partial charge in [-0.2, -0.15) is 0 Å². The first kappa shape index (κ1) is 16.7. The van der Waals surface area contributed by atoms with Crippen LogP contribution in [0.25, 0.3) is 0 Å². The van der Waals surface area contributed by atoms with Crippen LogP contribution >= 0.6 is 11.3 Å². The Kier molecular flexibility index (Phi) is 6.13. The number of hydrogen-bond donors (Lipinski definition) is 0. The summed E-state index contributed by atoms with van der Waals surface area (Å²) in [5, 5.41) is 1.01. The molecular formula is C18H24N2OS. The maximum Gasteiger partial charge on any atom is 0.265 e. The molecule has 0 radical (unpaired) electrons. The van der Waals surface area contributed by atoms with E-state index in [2.05, 4.69) is 24.0 Å². The molecule has 2 rings (SSSR count). The number of hydrogen-bond acceptors (Lipinski definition) is 3. The SMILES string of the molecule is CCCCN(CC)C(=O)c1sc(Cc2ccccc2)nc1C. The summed E-state index contributed by atoms with van der Waals surface area (Å²) in [6.45, 7) is 7.70. The lowest BCUT2D eigenvalue weighted by atomic mass is 10.2. The fraction of sp³-hybridized carbons (Fsp3) is 0.444. The second-order valence-electron chi connectivity index (χ2n) is 5.42. The largest absolute Gasteiger partial charge is 0.338 e. The van der Waals surface area contributed by atoms with Gasteiger partial charge in [-0.3, -0.25) is 4.79 Å². The summed E-state index contributed by atoms with van der Waals surface area (Å²) < 4.78 is 0. The highest BCUT2D eigenvalue weighted by Crippen LogP contribution is 2.22. The number of thiazole rings is 1. The van der Waals surface area contributed by atoms with Gasteiger partial charge in [0.25, 0.3) is 5.91 Å². The second-order valence-corrected chi connectivity index (χ2v) is 6.51. The van der Waals surface area contributed by atoms with Crippen LogP contribution in [0.5, 0.6) is 0 Å². The molecule has 1 aromatic heterocycles. The Morgan fingerprint density at radius 2 is 1.95 bits per heavy atom. The number of amides is 1. The van der Waals surface area contributed by atoms with Crippen molar-refractivity contribution in [3.05, 3.63) is 51.5 Å². The standard InChI is InChI=1S/C18H24N2OS/c1-4-6-12-20(5-2)18(21)17-14(3)19-16(22-17)13-15-10-8-7-9-11-15/h7-11H,4-6,12-13H2,1-3H3. The van der Waals surface area contributed by atoms with Crippen molar-refractivity contribution in [1.82, 2.24) is 9.88 Å². The molecule has 0 saturated carbocycles. The van der Waals surface area contributed by atoms with Crippen molar-refractivity contribution in [2.75, 3.05) is 13.1 Å². The van der Waals surface area contributed by atoms with Crippen LogP contribution in [0.1, 0.15) is 52.6 Å². The van der Waals surface area contributed by atoms with E-state index in [1.54, 1.807) is 0 Å². The molecule has 0 saturated heterocycles. The number of unbranched alkanes of at least 4 members (excludes halogenated alkanes) is 1. The van der Waals surface area contributed by atoms with E-state index >= 15 is 0 Å². The first-order chi connectivity index (χ1) is 10.7. The van der Waals surface area contributed by atoms with Gasteiger partial charge >= 0.3 is 0 Å². The smallest absolute Gasteiger partial charge is 0.265 e. The molecular weight excluding hydrogens is 292 g/mol. The van der Waals surface area contributed by atoms with Gasteiger partial charge in [-0.15, -0.1) is 11.3 Å². The van der Waals surface area contributed by atoms with Crippen molar-refractivity contribution < 1.29 is 4.79 Å². The van der Waals surface area contributed by atoms with Crippen LogP contribution in [0.15, 0.2) is 30.3 Å². The molecule has 0 aliphatic carbocycles. The number of rotatable bonds is 7. The summed E-state index contributed by atoms with van der Waals surface area (Å²) in [7, 11) is 0. The molecule has 22 heavy (non-hydrogen) atoms. The minimum absolute atomic E-state index is 0.130. The third-order valence-corrected chi connectivity index (χ3v) is 4.83. The van der Waals surface area contributed by atoms with E-state index in [1.165, 1.54) is 16.9 Å². The molecule has 0 atom stereocenters. The molecule has 2 aromatic rings. The summed E-state index contributed by atoms with van der Waals surface area (Å²) in [6, 6.07) is 10.3. The Hall–Kier alpha value is -1.68. The van der Waals surface area contributed by atoms with Gasteiger partial charge in [0.1, 0.15) is 4.88 Å². The summed E-state index contributed by atoms with van der Waals surface area (Å²) >= 11 is 1.54. The minimum atomic E-state index is 0.130. The average molecular weight is 316 g/mol. The fourth-order valence-electron chi connectivity index (χ4n) is 2.39. The Balaban J connectivity index is 2.13. The molecule has 4 heteroatoms. The first-order valence-corrected chi connectivity index (χ1v) is 8.76. The summed E-state index contributed by atoms with van der Waals surface area (Å²) in [5.74, 6) is 0.130. The molecule has 0 N–H and O–H groups in total. The Labute approximate surface area is 137 Å². The number of nitrogens with zero attached hydrogens (tertiary/aromatic N) is 2. The van der Waals surface area contributed by atoms with Crippen LogP contribution in [0.4, 0.5) is 0 Å². The minimum Gasteiger partial charge on any atom is -0.338 e. The van der Waals surface area contributed by atoms with Gasteiger partial charge in [-0.1, -0.05) is 43.7 Å². The number of benzene rings is 1. The molecule has 118 valence electrons. The average Bonchev–Trinajstić information content (AvgIpc) is 2.89. The van der Waals surface area contributed by atoms with E-state index in [-0.39, 0.29) is 5.91 Å². The van der Waals surface area contributed by atoms with Gasteiger partial charge in [-0.25, -0.2) is 4.98 Å². The van der Waals surface area contributed by atoms with Crippen molar-refractivity contribution in [3.63, 3.8) is 0 Å². The number of aromatic nitrogens is 1. The van der Waals surface area contributed by atoms with Crippen LogP contribution < -0.4 is 0 Å². The number of aryl methyl sites for hydroxylation is 1. The molecule has 0 unspecified atom stereocenters. The van der Waals surface area contributed by atoms with Gasteiger partial charge in [0.2, 0.25) is 0 Å². The van der Waals surface area contributed by atoms with Crippen molar-refractivity contribution in [2.24, 2.45) is 0 Å². The molecule has 0 spiro atoms. The normalized spacial score (nSPS) is 10.7. The van der Waals surface area contributed by atoms with Crippen LogP contribution in [0, 0.1) is 6.92 Å². The van der Waals surface area contributed by atoms with Gasteiger partial charge < -0.3 is 4.90 Å². The molecule has 3 nitrogen and oxygen atoms in total. The van der Waals surface area contributed by atoms with Crippen molar-refractivity contribution in [3.8, 4) is 0 Å². The lowest BCUT2D eigenvalue weighted by Crippen LogP contribution is -2.31. The Morgan fingerprint density at radius 3 is 2.59 bits per heavy atom. The third-order valence-electron chi connectivity index (χ3n) is 3.68. The monoisotopic (exact) mass is 316 g/mol. The molecule has 0 aliphatic heterocycles. The predicted octanol–water partition coefficient (Wildman–Crippen LogP) is 4.30. The molecule has 0 fully saturated rings.